The third-order valence-corrected chi connectivity index (χ3v) is 11.1. The molecule has 0 fully saturated rings. The maximum absolute atomic E-state index is 7.15. The fourth-order valence-corrected chi connectivity index (χ4v) is 8.50. The van der Waals surface area contributed by atoms with Crippen LogP contribution in [0.1, 0.15) is 11.1 Å². The predicted octanol–water partition coefficient (Wildman–Crippen LogP) is 13.0. The zero-order chi connectivity index (χ0) is 37.3. The van der Waals surface area contributed by atoms with Crippen LogP contribution in [-0.2, 0) is 0 Å². The quantitative estimate of drug-likeness (QED) is 0.142. The number of furan rings is 1. The highest BCUT2D eigenvalue weighted by atomic mass is 16.3. The number of hydrogen-bond donors (Lipinski definition) is 1. The Bertz CT molecular complexity index is 3380. The van der Waals surface area contributed by atoms with Gasteiger partial charge in [0.05, 0.1) is 22.2 Å². The molecule has 0 bridgehead atoms. The molecule has 0 unspecified atom stereocenters. The van der Waals surface area contributed by atoms with Crippen molar-refractivity contribution in [3.63, 3.8) is 0 Å². The number of aromatic nitrogens is 2. The highest BCUT2D eigenvalue weighted by molar-refractivity contribution is 6.24. The molecule has 3 aromatic heterocycles. The molecule has 0 amide bonds. The van der Waals surface area contributed by atoms with Crippen LogP contribution in [0.5, 0.6) is 0 Å². The minimum absolute atomic E-state index is 0.342. The van der Waals surface area contributed by atoms with Gasteiger partial charge >= 0.3 is 0 Å². The number of rotatable bonds is 5. The largest absolute Gasteiger partial charge is 0.454 e. The number of nitrogens with zero attached hydrogens (tertiary/aromatic N) is 3. The number of para-hydroxylation sites is 4. The number of aliphatic imine (C=N–C) groups is 1. The Morgan fingerprint density at radius 1 is 0.518 bits per heavy atom. The van der Waals surface area contributed by atoms with Gasteiger partial charge in [0, 0.05) is 43.6 Å². The van der Waals surface area contributed by atoms with Crippen LogP contribution in [0, 0.1) is 0 Å². The molecule has 8 aromatic carbocycles. The summed E-state index contributed by atoms with van der Waals surface area (Å²) >= 11 is 0. The van der Waals surface area contributed by atoms with Crippen molar-refractivity contribution < 1.29 is 4.42 Å². The lowest BCUT2D eigenvalue weighted by Gasteiger charge is -2.12. The van der Waals surface area contributed by atoms with Gasteiger partial charge in [0.2, 0.25) is 5.96 Å². The predicted molar refractivity (Wildman–Crippen MR) is 234 cm³/mol. The van der Waals surface area contributed by atoms with E-state index in [1.54, 1.807) is 0 Å². The Hall–Kier alpha value is -7.63. The summed E-state index contributed by atoms with van der Waals surface area (Å²) in [7, 11) is 0. The molecule has 5 nitrogen and oxygen atoms in total. The van der Waals surface area contributed by atoms with Crippen LogP contribution in [-0.4, -0.2) is 15.1 Å². The van der Waals surface area contributed by atoms with E-state index in [9.17, 15) is 0 Å². The van der Waals surface area contributed by atoms with E-state index < -0.39 is 0 Å². The molecule has 0 atom stereocenters. The molecule has 3 heterocycles. The molecule has 264 valence electrons. The molecule has 0 saturated carbocycles. The maximum Gasteiger partial charge on any atom is 0.205 e. The molecular weight excluding hydrogens is 685 g/mol. The van der Waals surface area contributed by atoms with Crippen LogP contribution >= 0.6 is 0 Å². The van der Waals surface area contributed by atoms with Crippen molar-refractivity contribution in [2.24, 2.45) is 10.7 Å². The minimum Gasteiger partial charge on any atom is -0.454 e. The zero-order valence-electron chi connectivity index (χ0n) is 30.4. The fourth-order valence-electron chi connectivity index (χ4n) is 8.50. The van der Waals surface area contributed by atoms with Gasteiger partial charge in [-0.25, -0.2) is 4.99 Å². The standard InChI is InChI=1S/C51H34N4O/c1-32(33-14-4-2-5-15-33)37-18-8-11-21-44(37)53-51(52)55-47-29-25-35(31-43(47)40-26-27-41-39-20-10-13-23-48(39)56-50(41)49(40)55)34-24-28-46-42(30-34)38-19-9-12-22-45(38)54(46)36-16-6-3-7-17-36/h2-31H,1H2,(H2,52,53). The summed E-state index contributed by atoms with van der Waals surface area (Å²) in [5, 5.41) is 6.62. The molecule has 0 aliphatic rings. The van der Waals surface area contributed by atoms with Crippen molar-refractivity contribution in [3.8, 4) is 16.8 Å². The highest BCUT2D eigenvalue weighted by Crippen LogP contribution is 2.41. The normalized spacial score (nSPS) is 12.2. The molecule has 11 rings (SSSR count). The number of fused-ring (bicyclic) bond motifs is 10. The smallest absolute Gasteiger partial charge is 0.205 e. The van der Waals surface area contributed by atoms with Gasteiger partial charge < -0.3 is 14.7 Å². The molecule has 0 saturated heterocycles. The Balaban J connectivity index is 1.13. The summed E-state index contributed by atoms with van der Waals surface area (Å²) in [6.07, 6.45) is 0. The Labute approximate surface area is 322 Å². The molecule has 0 radical (unpaired) electrons. The third-order valence-electron chi connectivity index (χ3n) is 11.1. The average molecular weight is 719 g/mol. The first-order chi connectivity index (χ1) is 27.6. The van der Waals surface area contributed by atoms with E-state index in [0.29, 0.717) is 5.96 Å². The van der Waals surface area contributed by atoms with Crippen LogP contribution in [0.25, 0.3) is 87.9 Å². The lowest BCUT2D eigenvalue weighted by atomic mass is 9.98. The van der Waals surface area contributed by atoms with Crippen LogP contribution in [0.3, 0.4) is 0 Å². The van der Waals surface area contributed by atoms with Gasteiger partial charge in [-0.3, -0.25) is 4.57 Å². The van der Waals surface area contributed by atoms with Crippen LogP contribution < -0.4 is 5.73 Å². The summed E-state index contributed by atoms with van der Waals surface area (Å²) in [6.45, 7) is 4.45. The lowest BCUT2D eigenvalue weighted by Crippen LogP contribution is -2.21. The topological polar surface area (TPSA) is 61.4 Å². The molecule has 0 spiro atoms. The van der Waals surface area contributed by atoms with E-state index in [1.807, 2.05) is 60.7 Å². The van der Waals surface area contributed by atoms with Crippen molar-refractivity contribution >= 4 is 82.8 Å². The molecule has 0 aliphatic heterocycles. The Morgan fingerprint density at radius 3 is 1.93 bits per heavy atom. The van der Waals surface area contributed by atoms with Gasteiger partial charge in [-0.15, -0.1) is 0 Å². The number of nitrogens with two attached hydrogens (primary N) is 1. The Morgan fingerprint density at radius 2 is 1.12 bits per heavy atom. The van der Waals surface area contributed by atoms with E-state index in [-0.39, 0.29) is 0 Å². The monoisotopic (exact) mass is 718 g/mol. The third kappa shape index (κ3) is 4.84. The second-order valence-electron chi connectivity index (χ2n) is 14.3. The summed E-state index contributed by atoms with van der Waals surface area (Å²) < 4.78 is 11.1. The van der Waals surface area contributed by atoms with Crippen LogP contribution in [0.15, 0.2) is 198 Å². The number of benzene rings is 8. The summed E-state index contributed by atoms with van der Waals surface area (Å²) in [5.41, 5.74) is 19.9. The SMILES string of the molecule is C=C(c1ccccc1)c1ccccc1/N=C(\N)n1c2ccc(-c3ccc4c(c3)c3ccccc3n4-c3ccccc3)cc2c2ccc3c4ccccc4oc3c21. The van der Waals surface area contributed by atoms with Crippen molar-refractivity contribution in [2.75, 3.05) is 0 Å². The van der Waals surface area contributed by atoms with E-state index in [2.05, 4.69) is 137 Å². The fraction of sp³-hybridized carbons (Fsp3) is 0. The van der Waals surface area contributed by atoms with Crippen molar-refractivity contribution in [1.82, 2.24) is 9.13 Å². The summed E-state index contributed by atoms with van der Waals surface area (Å²) in [6, 6.07) is 63.3. The van der Waals surface area contributed by atoms with E-state index in [4.69, 9.17) is 15.1 Å². The molecule has 2 N–H and O–H groups in total. The van der Waals surface area contributed by atoms with Crippen molar-refractivity contribution in [3.05, 3.63) is 200 Å². The first-order valence-corrected chi connectivity index (χ1v) is 18.8. The molecule has 11 aromatic rings. The van der Waals surface area contributed by atoms with Crippen molar-refractivity contribution in [2.45, 2.75) is 0 Å². The zero-order valence-corrected chi connectivity index (χ0v) is 30.4. The second-order valence-corrected chi connectivity index (χ2v) is 14.3. The van der Waals surface area contributed by atoms with E-state index >= 15 is 0 Å². The van der Waals surface area contributed by atoms with Crippen molar-refractivity contribution in [1.29, 1.82) is 0 Å². The average Bonchev–Trinajstić information content (AvgIpc) is 3.91. The van der Waals surface area contributed by atoms with Gasteiger partial charge in [0.25, 0.3) is 0 Å². The summed E-state index contributed by atoms with van der Waals surface area (Å²) in [5.74, 6) is 0.342. The maximum atomic E-state index is 7.15. The van der Waals surface area contributed by atoms with Gasteiger partial charge in [-0.2, -0.15) is 0 Å². The van der Waals surface area contributed by atoms with E-state index in [0.717, 1.165) is 82.9 Å². The van der Waals surface area contributed by atoms with Crippen LogP contribution in [0.2, 0.25) is 0 Å². The van der Waals surface area contributed by atoms with Gasteiger partial charge in [-0.05, 0) is 82.9 Å². The van der Waals surface area contributed by atoms with Gasteiger partial charge in [-0.1, -0.05) is 128 Å². The molecule has 5 heteroatoms. The van der Waals surface area contributed by atoms with Gasteiger partial charge in [0.15, 0.2) is 5.58 Å². The molecule has 56 heavy (non-hydrogen) atoms. The molecular formula is C51H34N4O. The van der Waals surface area contributed by atoms with Crippen LogP contribution in [0.4, 0.5) is 5.69 Å². The Kier molecular flexibility index (Phi) is 7.09. The second kappa shape index (κ2) is 12.5. The first kappa shape index (κ1) is 31.9. The number of hydrogen-bond acceptors (Lipinski definition) is 2. The first-order valence-electron chi connectivity index (χ1n) is 18.8. The lowest BCUT2D eigenvalue weighted by molar-refractivity contribution is 0.671. The van der Waals surface area contributed by atoms with E-state index in [1.165, 1.54) is 21.8 Å². The highest BCUT2D eigenvalue weighted by Gasteiger charge is 2.21. The minimum atomic E-state index is 0.342. The van der Waals surface area contributed by atoms with Gasteiger partial charge in [0.1, 0.15) is 11.1 Å². The summed E-state index contributed by atoms with van der Waals surface area (Å²) in [4.78, 5) is 5.13. The molecule has 0 aliphatic carbocycles.